The van der Waals surface area contributed by atoms with Gasteiger partial charge in [-0.25, -0.2) is 19.3 Å². The number of benzene rings is 1. The minimum atomic E-state index is -0.547. The Labute approximate surface area is 188 Å². The second-order valence-electron chi connectivity index (χ2n) is 8.01. The zero-order valence-corrected chi connectivity index (χ0v) is 17.8. The summed E-state index contributed by atoms with van der Waals surface area (Å²) in [4.78, 5) is 30.8. The number of H-pyrrole nitrogens is 1. The van der Waals surface area contributed by atoms with Crippen LogP contribution in [0.5, 0.6) is 0 Å². The molecule has 1 fully saturated rings. The number of aromatic nitrogens is 5. The van der Waals surface area contributed by atoms with Crippen LogP contribution < -0.4 is 11.1 Å². The summed E-state index contributed by atoms with van der Waals surface area (Å²) in [6.45, 7) is 2.07. The van der Waals surface area contributed by atoms with Gasteiger partial charge in [-0.1, -0.05) is 11.2 Å². The molecular formula is C22H23FN8O2. The van der Waals surface area contributed by atoms with E-state index in [4.69, 9.17) is 10.3 Å². The predicted molar refractivity (Wildman–Crippen MR) is 119 cm³/mol. The Morgan fingerprint density at radius 3 is 2.91 bits per heavy atom. The van der Waals surface area contributed by atoms with Gasteiger partial charge < -0.3 is 20.6 Å². The molecule has 0 bridgehead atoms. The van der Waals surface area contributed by atoms with Crippen LogP contribution in [0.3, 0.4) is 0 Å². The molecule has 11 heteroatoms. The molecule has 3 aromatic heterocycles. The number of nitrogens with one attached hydrogen (secondary N) is 2. The fourth-order valence-corrected chi connectivity index (χ4v) is 3.96. The highest BCUT2D eigenvalue weighted by Gasteiger charge is 2.21. The number of nitrogens with two attached hydrogens (primary N) is 1. The van der Waals surface area contributed by atoms with Gasteiger partial charge in [0.05, 0.1) is 17.6 Å². The number of nitrogens with zero attached hydrogens (tertiary/aromatic N) is 5. The van der Waals surface area contributed by atoms with E-state index in [1.54, 1.807) is 24.3 Å². The van der Waals surface area contributed by atoms with Gasteiger partial charge in [0.25, 0.3) is 5.91 Å². The highest BCUT2D eigenvalue weighted by atomic mass is 19.1. The number of carbonyl (C=O) groups excluding carboxylic acids is 1. The monoisotopic (exact) mass is 450 g/mol. The Bertz CT molecular complexity index is 1290. The number of hydrogen-bond acceptors (Lipinski definition) is 8. The molecule has 170 valence electrons. The SMILES string of the molecule is Nc1ncnc(C(=O)NCc2cc(-c3nc4ccc(CF)cc4[nH]3)on2)c1CN1CCCC1. The van der Waals surface area contributed by atoms with Crippen LogP contribution in [0.2, 0.25) is 0 Å². The molecule has 5 rings (SSSR count). The zero-order valence-electron chi connectivity index (χ0n) is 17.8. The van der Waals surface area contributed by atoms with Gasteiger partial charge in [0.15, 0.2) is 5.82 Å². The van der Waals surface area contributed by atoms with Gasteiger partial charge in [-0.2, -0.15) is 0 Å². The second kappa shape index (κ2) is 8.94. The smallest absolute Gasteiger partial charge is 0.270 e. The summed E-state index contributed by atoms with van der Waals surface area (Å²) in [6, 6.07) is 6.82. The fourth-order valence-electron chi connectivity index (χ4n) is 3.96. The first-order chi connectivity index (χ1) is 16.1. The van der Waals surface area contributed by atoms with Crippen LogP contribution in [0.1, 0.15) is 40.2 Å². The fraction of sp³-hybridized carbons (Fsp3) is 0.318. The van der Waals surface area contributed by atoms with E-state index in [0.717, 1.165) is 25.9 Å². The summed E-state index contributed by atoms with van der Waals surface area (Å²) in [7, 11) is 0. The maximum atomic E-state index is 12.9. The third-order valence-corrected chi connectivity index (χ3v) is 5.70. The summed E-state index contributed by atoms with van der Waals surface area (Å²) in [5, 5.41) is 6.83. The molecule has 0 radical (unpaired) electrons. The number of nitrogen functional groups attached to an aromatic ring is 1. The van der Waals surface area contributed by atoms with Crippen LogP contribution >= 0.6 is 0 Å². The number of rotatable bonds is 7. The number of imidazole rings is 1. The highest BCUT2D eigenvalue weighted by Crippen LogP contribution is 2.23. The van der Waals surface area contributed by atoms with E-state index < -0.39 is 6.67 Å². The first-order valence-electron chi connectivity index (χ1n) is 10.7. The molecule has 33 heavy (non-hydrogen) atoms. The Morgan fingerprint density at radius 2 is 2.09 bits per heavy atom. The molecule has 1 saturated heterocycles. The number of halogens is 1. The lowest BCUT2D eigenvalue weighted by Gasteiger charge is -2.17. The normalized spacial score (nSPS) is 14.2. The predicted octanol–water partition coefficient (Wildman–Crippen LogP) is 2.59. The van der Waals surface area contributed by atoms with Crippen molar-refractivity contribution in [2.45, 2.75) is 32.6 Å². The van der Waals surface area contributed by atoms with Crippen LogP contribution in [0.15, 0.2) is 35.1 Å². The molecule has 1 aromatic carbocycles. The Balaban J connectivity index is 1.28. The average Bonchev–Trinajstić information content (AvgIpc) is 3.58. The van der Waals surface area contributed by atoms with E-state index in [1.165, 1.54) is 6.33 Å². The van der Waals surface area contributed by atoms with E-state index in [2.05, 4.69) is 35.3 Å². The Kier molecular flexibility index (Phi) is 5.69. The van der Waals surface area contributed by atoms with Crippen molar-refractivity contribution in [2.24, 2.45) is 0 Å². The maximum absolute atomic E-state index is 12.9. The number of amides is 1. The number of carbonyl (C=O) groups is 1. The quantitative estimate of drug-likeness (QED) is 0.390. The summed E-state index contributed by atoms with van der Waals surface area (Å²) in [6.07, 6.45) is 3.56. The van der Waals surface area contributed by atoms with Gasteiger partial charge in [-0.15, -0.1) is 0 Å². The molecule has 0 spiro atoms. The van der Waals surface area contributed by atoms with Crippen molar-refractivity contribution in [1.82, 2.24) is 35.3 Å². The van der Waals surface area contributed by atoms with Crippen LogP contribution in [0.4, 0.5) is 10.2 Å². The summed E-state index contributed by atoms with van der Waals surface area (Å²) in [5.41, 5.74) is 9.43. The van der Waals surface area contributed by atoms with E-state index in [-0.39, 0.29) is 18.1 Å². The van der Waals surface area contributed by atoms with Gasteiger partial charge >= 0.3 is 0 Å². The van der Waals surface area contributed by atoms with Gasteiger partial charge in [-0.05, 0) is 43.6 Å². The van der Waals surface area contributed by atoms with Crippen molar-refractivity contribution < 1.29 is 13.7 Å². The summed E-state index contributed by atoms with van der Waals surface area (Å²) >= 11 is 0. The third kappa shape index (κ3) is 4.40. The molecule has 0 atom stereocenters. The van der Waals surface area contributed by atoms with E-state index in [9.17, 15) is 9.18 Å². The van der Waals surface area contributed by atoms with E-state index in [0.29, 0.717) is 51.8 Å². The minimum Gasteiger partial charge on any atom is -0.383 e. The molecule has 0 unspecified atom stereocenters. The number of fused-ring (bicyclic) bond motifs is 1. The van der Waals surface area contributed by atoms with Crippen LogP contribution in [0, 0.1) is 0 Å². The van der Waals surface area contributed by atoms with E-state index in [1.807, 2.05) is 0 Å². The van der Waals surface area contributed by atoms with Gasteiger partial charge in [0.2, 0.25) is 5.76 Å². The molecule has 0 aliphatic carbocycles. The minimum absolute atomic E-state index is 0.140. The van der Waals surface area contributed by atoms with Crippen molar-refractivity contribution >= 4 is 22.8 Å². The first-order valence-corrected chi connectivity index (χ1v) is 10.7. The average molecular weight is 450 g/mol. The molecule has 4 aromatic rings. The van der Waals surface area contributed by atoms with Crippen LogP contribution in [-0.4, -0.2) is 49.0 Å². The summed E-state index contributed by atoms with van der Waals surface area (Å²) in [5.74, 6) is 0.845. The number of likely N-dealkylation sites (tertiary alicyclic amines) is 1. The maximum Gasteiger partial charge on any atom is 0.270 e. The summed E-state index contributed by atoms with van der Waals surface area (Å²) < 4.78 is 18.3. The van der Waals surface area contributed by atoms with Crippen molar-refractivity contribution in [3.8, 4) is 11.6 Å². The van der Waals surface area contributed by atoms with Crippen molar-refractivity contribution in [1.29, 1.82) is 0 Å². The molecule has 1 aliphatic heterocycles. The lowest BCUT2D eigenvalue weighted by Crippen LogP contribution is -2.28. The standard InChI is InChI=1S/C22H23FN8O2/c23-9-13-3-4-16-17(7-13)29-21(28-16)18-8-14(30-33-18)10-25-22(32)19-15(20(24)27-12-26-19)11-31-5-1-2-6-31/h3-4,7-8,12H,1-2,5-6,9-11H2,(H,25,32)(H,28,29)(H2,24,26,27). The molecule has 1 amide bonds. The lowest BCUT2D eigenvalue weighted by atomic mass is 10.2. The van der Waals surface area contributed by atoms with Gasteiger partial charge in [0, 0.05) is 18.2 Å². The Hall–Kier alpha value is -3.86. The van der Waals surface area contributed by atoms with Crippen molar-refractivity contribution in [3.05, 3.63) is 53.1 Å². The van der Waals surface area contributed by atoms with Crippen molar-refractivity contribution in [2.75, 3.05) is 18.8 Å². The van der Waals surface area contributed by atoms with E-state index >= 15 is 0 Å². The molecule has 0 saturated carbocycles. The van der Waals surface area contributed by atoms with Gasteiger partial charge in [-0.3, -0.25) is 9.69 Å². The highest BCUT2D eigenvalue weighted by molar-refractivity contribution is 5.94. The number of hydrogen-bond donors (Lipinski definition) is 3. The number of aromatic amines is 1. The first kappa shape index (κ1) is 21.0. The molecule has 4 heterocycles. The van der Waals surface area contributed by atoms with Crippen molar-refractivity contribution in [3.63, 3.8) is 0 Å². The number of anilines is 1. The zero-order chi connectivity index (χ0) is 22.8. The molecular weight excluding hydrogens is 427 g/mol. The van der Waals surface area contributed by atoms with Gasteiger partial charge in [0.1, 0.15) is 30.2 Å². The Morgan fingerprint density at radius 1 is 1.24 bits per heavy atom. The van der Waals surface area contributed by atoms with Crippen LogP contribution in [-0.2, 0) is 19.8 Å². The molecule has 10 nitrogen and oxygen atoms in total. The molecule has 1 aliphatic rings. The largest absolute Gasteiger partial charge is 0.383 e. The topological polar surface area (TPSA) is 139 Å². The lowest BCUT2D eigenvalue weighted by molar-refractivity contribution is 0.0943. The van der Waals surface area contributed by atoms with Crippen LogP contribution in [0.25, 0.3) is 22.6 Å². The third-order valence-electron chi connectivity index (χ3n) is 5.70. The number of alkyl halides is 1. The molecule has 4 N–H and O–H groups in total. The second-order valence-corrected chi connectivity index (χ2v) is 8.01.